The van der Waals surface area contributed by atoms with Gasteiger partial charge in [-0.2, -0.15) is 13.2 Å². The smallest absolute Gasteiger partial charge is 0.352 e. The first kappa shape index (κ1) is 24.5. The molecule has 3 heterocycles. The van der Waals surface area contributed by atoms with Crippen molar-refractivity contribution in [2.45, 2.75) is 38.9 Å². The minimum Gasteiger partial charge on any atom is -0.352 e. The topological polar surface area (TPSA) is 83.9 Å². The third-order valence-electron chi connectivity index (χ3n) is 6.19. The first-order chi connectivity index (χ1) is 16.7. The molecule has 4 rings (SSSR count). The molecule has 1 aliphatic heterocycles. The second-order valence-electron chi connectivity index (χ2n) is 8.55. The predicted molar refractivity (Wildman–Crippen MR) is 121 cm³/mol. The summed E-state index contributed by atoms with van der Waals surface area (Å²) in [6.07, 6.45) is 1.50. The fourth-order valence-electron chi connectivity index (χ4n) is 4.32. The fourth-order valence-corrected chi connectivity index (χ4v) is 4.32. The number of hydrogen-bond donors (Lipinski definition) is 1. The molecular formula is C24H24F4N6O. The van der Waals surface area contributed by atoms with Crippen LogP contribution in [0.15, 0.2) is 43.0 Å². The van der Waals surface area contributed by atoms with E-state index in [0.717, 1.165) is 12.8 Å². The summed E-state index contributed by atoms with van der Waals surface area (Å²) in [5.74, 6) is -0.711. The van der Waals surface area contributed by atoms with E-state index in [1.807, 2.05) is 6.92 Å². The molecular weight excluding hydrogens is 464 g/mol. The van der Waals surface area contributed by atoms with E-state index in [4.69, 9.17) is 0 Å². The fraction of sp³-hybridized carbons (Fsp3) is 0.375. The Bertz CT molecular complexity index is 1190. The number of hydrogen-bond acceptors (Lipinski definition) is 6. The highest BCUT2D eigenvalue weighted by Gasteiger charge is 2.35. The zero-order valence-corrected chi connectivity index (χ0v) is 19.2. The van der Waals surface area contributed by atoms with Crippen LogP contribution in [-0.2, 0) is 6.18 Å². The lowest BCUT2D eigenvalue weighted by atomic mass is 9.89. The van der Waals surface area contributed by atoms with E-state index in [1.54, 1.807) is 24.0 Å². The molecule has 11 heteroatoms. The van der Waals surface area contributed by atoms with Crippen molar-refractivity contribution in [3.63, 3.8) is 0 Å². The molecule has 0 aliphatic carbocycles. The quantitative estimate of drug-likeness (QED) is 0.522. The minimum absolute atomic E-state index is 0.0310. The van der Waals surface area contributed by atoms with Crippen LogP contribution in [0.3, 0.4) is 0 Å². The van der Waals surface area contributed by atoms with Crippen LogP contribution in [0, 0.1) is 18.7 Å². The zero-order valence-electron chi connectivity index (χ0n) is 19.2. The van der Waals surface area contributed by atoms with Gasteiger partial charge in [-0.1, -0.05) is 13.0 Å². The second-order valence-corrected chi connectivity index (χ2v) is 8.55. The van der Waals surface area contributed by atoms with Gasteiger partial charge < -0.3 is 10.2 Å². The molecule has 0 unspecified atom stereocenters. The summed E-state index contributed by atoms with van der Waals surface area (Å²) >= 11 is 0. The number of halogens is 4. The molecule has 7 nitrogen and oxygen atoms in total. The number of amides is 1. The van der Waals surface area contributed by atoms with Crippen LogP contribution in [-0.4, -0.2) is 49.9 Å². The van der Waals surface area contributed by atoms with Gasteiger partial charge in [0.2, 0.25) is 5.95 Å². The van der Waals surface area contributed by atoms with Crippen molar-refractivity contribution in [2.24, 2.45) is 5.92 Å². The number of aryl methyl sites for hydroxylation is 1. The van der Waals surface area contributed by atoms with Crippen LogP contribution < -0.4 is 5.32 Å². The standard InChI is InChI=1S/C24H24F4N6O/c1-14-5-3-10-34(18(14)13-33-23-31-11-16(12-32-23)24(26,27)28)22(35)19-15(2)6-7-17(25)20(19)21-29-8-4-9-30-21/h4,6-9,11-12,14,18H,3,5,10,13H2,1-2H3,(H,31,32,33)/t14-,18-/m1/s1. The number of carbonyl (C=O) groups excluding carboxylic acids is 1. The number of alkyl halides is 3. The van der Waals surface area contributed by atoms with E-state index in [9.17, 15) is 22.4 Å². The second kappa shape index (κ2) is 9.93. The van der Waals surface area contributed by atoms with Crippen molar-refractivity contribution < 1.29 is 22.4 Å². The van der Waals surface area contributed by atoms with Gasteiger partial charge in [-0.3, -0.25) is 4.79 Å². The average molecular weight is 488 g/mol. The van der Waals surface area contributed by atoms with E-state index in [2.05, 4.69) is 25.3 Å². The van der Waals surface area contributed by atoms with E-state index in [1.165, 1.54) is 18.5 Å². The first-order valence-corrected chi connectivity index (χ1v) is 11.2. The Hall–Kier alpha value is -3.63. The lowest BCUT2D eigenvalue weighted by molar-refractivity contribution is -0.138. The largest absolute Gasteiger partial charge is 0.419 e. The Morgan fingerprint density at radius 3 is 2.49 bits per heavy atom. The van der Waals surface area contributed by atoms with Gasteiger partial charge in [0, 0.05) is 37.9 Å². The summed E-state index contributed by atoms with van der Waals surface area (Å²) in [6.45, 7) is 4.41. The molecule has 1 saturated heterocycles. The van der Waals surface area contributed by atoms with Gasteiger partial charge >= 0.3 is 6.18 Å². The molecule has 2 aromatic heterocycles. The molecule has 0 saturated carbocycles. The van der Waals surface area contributed by atoms with Crippen LogP contribution in [0.25, 0.3) is 11.4 Å². The summed E-state index contributed by atoms with van der Waals surface area (Å²) in [5, 5.41) is 2.95. The van der Waals surface area contributed by atoms with Crippen LogP contribution >= 0.6 is 0 Å². The summed E-state index contributed by atoms with van der Waals surface area (Å²) in [5.41, 5.74) is -0.106. The lowest BCUT2D eigenvalue weighted by Gasteiger charge is -2.40. The number of benzene rings is 1. The average Bonchev–Trinajstić information content (AvgIpc) is 2.84. The number of rotatable bonds is 5. The monoisotopic (exact) mass is 488 g/mol. The molecule has 1 aromatic carbocycles. The molecule has 1 N–H and O–H groups in total. The maximum Gasteiger partial charge on any atom is 0.419 e. The van der Waals surface area contributed by atoms with Crippen LogP contribution in [0.1, 0.15) is 41.3 Å². The number of nitrogens with one attached hydrogen (secondary N) is 1. The molecule has 35 heavy (non-hydrogen) atoms. The van der Waals surface area contributed by atoms with Gasteiger partial charge in [0.25, 0.3) is 5.91 Å². The van der Waals surface area contributed by atoms with Gasteiger partial charge in [-0.25, -0.2) is 24.3 Å². The summed E-state index contributed by atoms with van der Waals surface area (Å²) in [4.78, 5) is 31.3. The summed E-state index contributed by atoms with van der Waals surface area (Å²) < 4.78 is 53.3. The van der Waals surface area contributed by atoms with Crippen LogP contribution in [0.2, 0.25) is 0 Å². The number of nitrogens with zero attached hydrogens (tertiary/aromatic N) is 5. The van der Waals surface area contributed by atoms with Gasteiger partial charge in [-0.05, 0) is 43.4 Å². The Morgan fingerprint density at radius 2 is 1.83 bits per heavy atom. The molecule has 0 radical (unpaired) electrons. The van der Waals surface area contributed by atoms with Crippen molar-refractivity contribution in [3.05, 3.63) is 65.5 Å². The SMILES string of the molecule is Cc1ccc(F)c(-c2ncccn2)c1C(=O)N1CCC[C@@H](C)[C@H]1CNc1ncc(C(F)(F)F)cn1. The predicted octanol–water partition coefficient (Wildman–Crippen LogP) is 4.75. The maximum absolute atomic E-state index is 14.9. The van der Waals surface area contributed by atoms with E-state index < -0.39 is 17.6 Å². The Kier molecular flexibility index (Phi) is 6.95. The number of anilines is 1. The zero-order chi connectivity index (χ0) is 25.2. The summed E-state index contributed by atoms with van der Waals surface area (Å²) in [7, 11) is 0. The molecule has 1 amide bonds. The Morgan fingerprint density at radius 1 is 1.14 bits per heavy atom. The van der Waals surface area contributed by atoms with Crippen LogP contribution in [0.5, 0.6) is 0 Å². The number of likely N-dealkylation sites (tertiary alicyclic amines) is 1. The number of carbonyl (C=O) groups is 1. The summed E-state index contributed by atoms with van der Waals surface area (Å²) in [6, 6.07) is 4.13. The Balaban J connectivity index is 1.61. The third kappa shape index (κ3) is 5.23. The number of aromatic nitrogens is 4. The van der Waals surface area contributed by atoms with Gasteiger partial charge in [0.1, 0.15) is 5.82 Å². The number of piperidine rings is 1. The van der Waals surface area contributed by atoms with E-state index in [-0.39, 0.29) is 47.3 Å². The van der Waals surface area contributed by atoms with Crippen LogP contribution in [0.4, 0.5) is 23.5 Å². The third-order valence-corrected chi connectivity index (χ3v) is 6.19. The van der Waals surface area contributed by atoms with Crippen molar-refractivity contribution >= 4 is 11.9 Å². The highest BCUT2D eigenvalue weighted by molar-refractivity contribution is 6.02. The molecule has 0 spiro atoms. The van der Waals surface area contributed by atoms with Gasteiger partial charge in [0.05, 0.1) is 22.7 Å². The lowest BCUT2D eigenvalue weighted by Crippen LogP contribution is -2.51. The van der Waals surface area contributed by atoms with E-state index in [0.29, 0.717) is 24.5 Å². The highest BCUT2D eigenvalue weighted by atomic mass is 19.4. The first-order valence-electron chi connectivity index (χ1n) is 11.2. The van der Waals surface area contributed by atoms with Crippen molar-refractivity contribution in [3.8, 4) is 11.4 Å². The van der Waals surface area contributed by atoms with Gasteiger partial charge in [-0.15, -0.1) is 0 Å². The molecule has 1 fully saturated rings. The molecule has 3 aromatic rings. The maximum atomic E-state index is 14.9. The molecule has 184 valence electrons. The molecule has 0 bridgehead atoms. The van der Waals surface area contributed by atoms with E-state index >= 15 is 0 Å². The van der Waals surface area contributed by atoms with Gasteiger partial charge in [0.15, 0.2) is 5.82 Å². The molecule has 1 aliphatic rings. The van der Waals surface area contributed by atoms with Crippen molar-refractivity contribution in [2.75, 3.05) is 18.4 Å². The van der Waals surface area contributed by atoms with Crippen molar-refractivity contribution in [1.82, 2.24) is 24.8 Å². The Labute approximate surface area is 199 Å². The normalized spacial score (nSPS) is 18.4. The van der Waals surface area contributed by atoms with Crippen molar-refractivity contribution in [1.29, 1.82) is 0 Å². The molecule has 2 atom stereocenters. The highest BCUT2D eigenvalue weighted by Crippen LogP contribution is 2.32. The minimum atomic E-state index is -4.53.